The summed E-state index contributed by atoms with van der Waals surface area (Å²) in [5.41, 5.74) is 1.19. The summed E-state index contributed by atoms with van der Waals surface area (Å²) in [6.07, 6.45) is 2.55. The lowest BCUT2D eigenvalue weighted by Gasteiger charge is -2.32. The second-order valence-electron chi connectivity index (χ2n) is 6.43. The Balaban J connectivity index is 2.38. The fourth-order valence-corrected chi connectivity index (χ4v) is 3.19. The molecular weight excluding hydrogens is 338 g/mol. The van der Waals surface area contributed by atoms with Crippen molar-refractivity contribution in [3.8, 4) is 5.75 Å². The fraction of sp³-hybridized carbons (Fsp3) is 0.667. The van der Waals surface area contributed by atoms with Gasteiger partial charge in [-0.3, -0.25) is 10.1 Å². The lowest BCUT2D eigenvalue weighted by Crippen LogP contribution is -2.40. The van der Waals surface area contributed by atoms with Gasteiger partial charge in [0.25, 0.3) is 5.69 Å². The Labute approximate surface area is 154 Å². The van der Waals surface area contributed by atoms with Gasteiger partial charge >= 0.3 is 0 Å². The van der Waals surface area contributed by atoms with Crippen molar-refractivity contribution in [2.24, 2.45) is 0 Å². The molecule has 2 rings (SSSR count). The van der Waals surface area contributed by atoms with Crippen LogP contribution in [-0.4, -0.2) is 49.7 Å². The van der Waals surface area contributed by atoms with E-state index in [2.05, 4.69) is 12.2 Å². The molecule has 2 atom stereocenters. The van der Waals surface area contributed by atoms with Crippen LogP contribution in [-0.2, 0) is 4.74 Å². The minimum Gasteiger partial charge on any atom is -0.490 e. The van der Waals surface area contributed by atoms with Gasteiger partial charge in [-0.25, -0.2) is 0 Å². The molecular formula is C18H29N3O5. The summed E-state index contributed by atoms with van der Waals surface area (Å²) in [4.78, 5) is 12.9. The van der Waals surface area contributed by atoms with Gasteiger partial charge in [0.1, 0.15) is 30.9 Å². The molecule has 146 valence electrons. The number of nitrogens with zero attached hydrogens (tertiary/aromatic N) is 2. The van der Waals surface area contributed by atoms with Crippen molar-refractivity contribution in [3.05, 3.63) is 27.8 Å². The lowest BCUT2D eigenvalue weighted by molar-refractivity contribution is -0.384. The predicted molar refractivity (Wildman–Crippen MR) is 99.8 cm³/mol. The number of hydrogen-bond donors (Lipinski definition) is 2. The molecule has 0 bridgehead atoms. The number of benzene rings is 1. The van der Waals surface area contributed by atoms with Gasteiger partial charge in [0.2, 0.25) is 0 Å². The van der Waals surface area contributed by atoms with Crippen molar-refractivity contribution in [1.82, 2.24) is 5.32 Å². The summed E-state index contributed by atoms with van der Waals surface area (Å²) in [6, 6.07) is 2.89. The molecule has 1 aliphatic heterocycles. The number of rotatable bonds is 10. The number of unbranched alkanes of at least 4 members (excludes halogenated alkanes) is 2. The van der Waals surface area contributed by atoms with Crippen LogP contribution in [0.3, 0.4) is 0 Å². The number of anilines is 1. The van der Waals surface area contributed by atoms with Crippen molar-refractivity contribution < 1.29 is 19.5 Å². The van der Waals surface area contributed by atoms with E-state index < -0.39 is 11.0 Å². The molecule has 0 saturated carbocycles. The molecule has 2 unspecified atom stereocenters. The molecule has 0 fully saturated rings. The van der Waals surface area contributed by atoms with Gasteiger partial charge in [-0.2, -0.15) is 0 Å². The summed E-state index contributed by atoms with van der Waals surface area (Å²) in [5, 5.41) is 25.3. The second kappa shape index (κ2) is 9.70. The molecule has 0 amide bonds. The molecule has 0 aliphatic carbocycles. The first-order chi connectivity index (χ1) is 12.5. The molecule has 1 aromatic carbocycles. The highest BCUT2D eigenvalue weighted by molar-refractivity contribution is 5.68. The standard InChI is InChI=1S/C18H29N3O5/c1-4-6-7-8-19-18-13-9-14(20(5-2)12-25-3)15(21(23)24)10-17(13)26-11-16(18)22/h9-10,16,18-19,22H,4-8,11-12H2,1-3H3. The smallest absolute Gasteiger partial charge is 0.296 e. The minimum atomic E-state index is -0.698. The van der Waals surface area contributed by atoms with Crippen LogP contribution in [0.5, 0.6) is 5.75 Å². The van der Waals surface area contributed by atoms with Crippen molar-refractivity contribution in [2.45, 2.75) is 45.3 Å². The zero-order valence-electron chi connectivity index (χ0n) is 15.7. The second-order valence-corrected chi connectivity index (χ2v) is 6.43. The van der Waals surface area contributed by atoms with Crippen molar-refractivity contribution in [1.29, 1.82) is 0 Å². The van der Waals surface area contributed by atoms with Crippen LogP contribution in [0.25, 0.3) is 0 Å². The number of nitro benzene ring substituents is 1. The van der Waals surface area contributed by atoms with Gasteiger partial charge < -0.3 is 24.8 Å². The molecule has 8 heteroatoms. The molecule has 1 aromatic rings. The first-order valence-electron chi connectivity index (χ1n) is 9.13. The van der Waals surface area contributed by atoms with Crippen molar-refractivity contribution in [3.63, 3.8) is 0 Å². The van der Waals surface area contributed by atoms with Crippen LogP contribution in [0.15, 0.2) is 12.1 Å². The highest BCUT2D eigenvalue weighted by atomic mass is 16.6. The normalized spacial score (nSPS) is 18.9. The summed E-state index contributed by atoms with van der Waals surface area (Å²) < 4.78 is 10.7. The SMILES string of the molecule is CCCCCNC1c2cc(N(CC)COC)c([N+](=O)[O-])cc2OCC1O. The summed E-state index contributed by atoms with van der Waals surface area (Å²) >= 11 is 0. The molecule has 1 aliphatic rings. The minimum absolute atomic E-state index is 0.0243. The molecule has 0 radical (unpaired) electrons. The van der Waals surface area contributed by atoms with Crippen LogP contribution < -0.4 is 15.0 Å². The van der Waals surface area contributed by atoms with E-state index in [1.54, 1.807) is 18.1 Å². The summed E-state index contributed by atoms with van der Waals surface area (Å²) in [6.45, 7) is 5.74. The Hall–Kier alpha value is -1.90. The number of hydrogen-bond acceptors (Lipinski definition) is 7. The molecule has 2 N–H and O–H groups in total. The van der Waals surface area contributed by atoms with Crippen molar-refractivity contribution >= 4 is 11.4 Å². The molecule has 1 heterocycles. The maximum absolute atomic E-state index is 11.5. The molecule has 8 nitrogen and oxygen atoms in total. The van der Waals surface area contributed by atoms with Gasteiger partial charge in [-0.1, -0.05) is 19.8 Å². The quantitative estimate of drug-likeness (QED) is 0.284. The van der Waals surface area contributed by atoms with E-state index in [1.807, 2.05) is 6.92 Å². The number of ether oxygens (including phenoxy) is 2. The van der Waals surface area contributed by atoms with Gasteiger partial charge in [0.15, 0.2) is 0 Å². The van der Waals surface area contributed by atoms with Crippen LogP contribution in [0.1, 0.15) is 44.7 Å². The maximum atomic E-state index is 11.5. The summed E-state index contributed by atoms with van der Waals surface area (Å²) in [7, 11) is 1.55. The Morgan fingerprint density at radius 2 is 2.19 bits per heavy atom. The number of fused-ring (bicyclic) bond motifs is 1. The zero-order chi connectivity index (χ0) is 19.1. The van der Waals surface area contributed by atoms with Crippen LogP contribution in [0.2, 0.25) is 0 Å². The van der Waals surface area contributed by atoms with Crippen LogP contribution in [0.4, 0.5) is 11.4 Å². The van der Waals surface area contributed by atoms with Crippen molar-refractivity contribution in [2.75, 3.05) is 38.4 Å². The predicted octanol–water partition coefficient (Wildman–Crippen LogP) is 2.60. The highest BCUT2D eigenvalue weighted by Crippen LogP contribution is 2.41. The van der Waals surface area contributed by atoms with Gasteiger partial charge in [-0.15, -0.1) is 0 Å². The molecule has 0 aromatic heterocycles. The third kappa shape index (κ3) is 4.63. The Morgan fingerprint density at radius 3 is 2.81 bits per heavy atom. The fourth-order valence-electron chi connectivity index (χ4n) is 3.19. The van der Waals surface area contributed by atoms with Gasteiger partial charge in [0, 0.05) is 19.2 Å². The van der Waals surface area contributed by atoms with Crippen LogP contribution in [0, 0.1) is 10.1 Å². The summed E-state index contributed by atoms with van der Waals surface area (Å²) in [5.74, 6) is 0.451. The average Bonchev–Trinajstić information content (AvgIpc) is 2.63. The Kier molecular flexibility index (Phi) is 7.62. The van der Waals surface area contributed by atoms with E-state index >= 15 is 0 Å². The van der Waals surface area contributed by atoms with E-state index in [9.17, 15) is 15.2 Å². The van der Waals surface area contributed by atoms with E-state index in [0.717, 1.165) is 31.4 Å². The van der Waals surface area contributed by atoms with E-state index in [4.69, 9.17) is 9.47 Å². The number of methoxy groups -OCH3 is 1. The topological polar surface area (TPSA) is 97.1 Å². The third-order valence-corrected chi connectivity index (χ3v) is 4.59. The van der Waals surface area contributed by atoms with Gasteiger partial charge in [0.05, 0.1) is 17.0 Å². The Morgan fingerprint density at radius 1 is 1.42 bits per heavy atom. The van der Waals surface area contributed by atoms with E-state index in [-0.39, 0.29) is 25.1 Å². The molecule has 26 heavy (non-hydrogen) atoms. The largest absolute Gasteiger partial charge is 0.490 e. The highest BCUT2D eigenvalue weighted by Gasteiger charge is 2.33. The van der Waals surface area contributed by atoms with E-state index in [1.165, 1.54) is 6.07 Å². The average molecular weight is 367 g/mol. The number of aliphatic hydroxyl groups is 1. The first kappa shape index (κ1) is 20.4. The lowest BCUT2D eigenvalue weighted by atomic mass is 9.96. The Bertz CT molecular complexity index is 611. The monoisotopic (exact) mass is 367 g/mol. The molecule has 0 spiro atoms. The first-order valence-corrected chi connectivity index (χ1v) is 9.13. The van der Waals surface area contributed by atoms with E-state index in [0.29, 0.717) is 18.0 Å². The zero-order valence-corrected chi connectivity index (χ0v) is 15.7. The number of nitro groups is 1. The van der Waals surface area contributed by atoms with Crippen LogP contribution >= 0.6 is 0 Å². The number of aliphatic hydroxyl groups excluding tert-OH is 1. The van der Waals surface area contributed by atoms with Gasteiger partial charge in [-0.05, 0) is 26.0 Å². The number of nitrogens with one attached hydrogen (secondary N) is 1. The third-order valence-electron chi connectivity index (χ3n) is 4.59. The molecule has 0 saturated heterocycles. The maximum Gasteiger partial charge on any atom is 0.296 e.